The molecule has 0 heterocycles. The molecule has 0 saturated heterocycles. The Morgan fingerprint density at radius 2 is 1.78 bits per heavy atom. The van der Waals surface area contributed by atoms with Gasteiger partial charge in [-0.05, 0) is 23.1 Å². The molecule has 0 bridgehead atoms. The zero-order valence-electron chi connectivity index (χ0n) is 13.7. The third-order valence-electron chi connectivity index (χ3n) is 3.66. The average molecular weight is 333 g/mol. The van der Waals surface area contributed by atoms with Gasteiger partial charge in [0.25, 0.3) is 0 Å². The normalized spacial score (nSPS) is 11.7. The maximum absolute atomic E-state index is 12.2. The van der Waals surface area contributed by atoms with Crippen molar-refractivity contribution in [1.29, 1.82) is 0 Å². The zero-order chi connectivity index (χ0) is 16.9. The van der Waals surface area contributed by atoms with Crippen molar-refractivity contribution in [2.24, 2.45) is 0 Å². The fourth-order valence-electron chi connectivity index (χ4n) is 2.30. The molecular formula is C18H23NO3S. The van der Waals surface area contributed by atoms with Crippen LogP contribution in [0, 0.1) is 0 Å². The number of sulfonamides is 1. The van der Waals surface area contributed by atoms with Crippen LogP contribution in [0.1, 0.15) is 36.5 Å². The molecule has 0 fully saturated rings. The van der Waals surface area contributed by atoms with Crippen LogP contribution in [0.15, 0.2) is 48.5 Å². The number of rotatable bonds is 7. The summed E-state index contributed by atoms with van der Waals surface area (Å²) in [7, 11) is -1.79. The minimum absolute atomic E-state index is 0.0275. The molecule has 23 heavy (non-hydrogen) atoms. The molecule has 0 unspecified atom stereocenters. The van der Waals surface area contributed by atoms with Crippen molar-refractivity contribution in [2.45, 2.75) is 32.1 Å². The summed E-state index contributed by atoms with van der Waals surface area (Å²) in [5.74, 6) is 1.08. The summed E-state index contributed by atoms with van der Waals surface area (Å²) in [6.45, 7) is 4.44. The smallest absolute Gasteiger partial charge is 0.216 e. The Balaban J connectivity index is 2.08. The molecule has 0 aromatic heterocycles. The molecule has 1 N–H and O–H groups in total. The predicted octanol–water partition coefficient (Wildman–Crippen LogP) is 3.44. The lowest BCUT2D eigenvalue weighted by Crippen LogP contribution is -2.25. The summed E-state index contributed by atoms with van der Waals surface area (Å²) < 4.78 is 32.4. The number of hydrogen-bond donors (Lipinski definition) is 1. The quantitative estimate of drug-likeness (QED) is 0.844. The minimum Gasteiger partial charge on any atom is -0.496 e. The fraction of sp³-hybridized carbons (Fsp3) is 0.333. The van der Waals surface area contributed by atoms with Crippen molar-refractivity contribution in [1.82, 2.24) is 4.72 Å². The molecule has 4 nitrogen and oxygen atoms in total. The number of methoxy groups -OCH3 is 1. The van der Waals surface area contributed by atoms with Gasteiger partial charge in [-0.2, -0.15) is 0 Å². The molecule has 0 spiro atoms. The number of benzene rings is 2. The van der Waals surface area contributed by atoms with Crippen molar-refractivity contribution >= 4 is 10.0 Å². The topological polar surface area (TPSA) is 55.4 Å². The highest BCUT2D eigenvalue weighted by atomic mass is 32.2. The van der Waals surface area contributed by atoms with Crippen molar-refractivity contribution in [2.75, 3.05) is 7.11 Å². The van der Waals surface area contributed by atoms with E-state index in [4.69, 9.17) is 4.74 Å². The van der Waals surface area contributed by atoms with Gasteiger partial charge in [0.2, 0.25) is 10.0 Å². The third-order valence-corrected chi connectivity index (χ3v) is 4.96. The zero-order valence-corrected chi connectivity index (χ0v) is 14.6. The standard InChI is InChI=1S/C18H23NO3S/c1-14(2)16-9-10-17(18(11-16)22-3)12-19-23(20,21)13-15-7-5-4-6-8-15/h4-11,14,19H,12-13H2,1-3H3. The molecule has 124 valence electrons. The Kier molecular flexibility index (Phi) is 5.80. The molecule has 0 aliphatic carbocycles. The van der Waals surface area contributed by atoms with Gasteiger partial charge in [0.05, 0.1) is 12.9 Å². The van der Waals surface area contributed by atoms with E-state index in [2.05, 4.69) is 18.6 Å². The van der Waals surface area contributed by atoms with E-state index in [1.54, 1.807) is 19.2 Å². The second kappa shape index (κ2) is 7.62. The Morgan fingerprint density at radius 1 is 1.09 bits per heavy atom. The lowest BCUT2D eigenvalue weighted by atomic mass is 10.0. The monoisotopic (exact) mass is 333 g/mol. The highest BCUT2D eigenvalue weighted by Gasteiger charge is 2.13. The van der Waals surface area contributed by atoms with Gasteiger partial charge in [-0.15, -0.1) is 0 Å². The van der Waals surface area contributed by atoms with Crippen molar-refractivity contribution < 1.29 is 13.2 Å². The van der Waals surface area contributed by atoms with Gasteiger partial charge in [-0.1, -0.05) is 56.3 Å². The molecule has 2 aromatic rings. The number of hydrogen-bond acceptors (Lipinski definition) is 3. The van der Waals surface area contributed by atoms with Gasteiger partial charge < -0.3 is 4.74 Å². The van der Waals surface area contributed by atoms with Gasteiger partial charge in [0.15, 0.2) is 0 Å². The lowest BCUT2D eigenvalue weighted by Gasteiger charge is -2.13. The molecule has 0 saturated carbocycles. The van der Waals surface area contributed by atoms with Crippen molar-refractivity contribution in [3.05, 3.63) is 65.2 Å². The molecule has 2 rings (SSSR count). The highest BCUT2D eigenvalue weighted by Crippen LogP contribution is 2.24. The Bertz CT molecular complexity index is 740. The second-order valence-electron chi connectivity index (χ2n) is 5.79. The summed E-state index contributed by atoms with van der Waals surface area (Å²) in [5.41, 5.74) is 2.76. The number of nitrogens with one attached hydrogen (secondary N) is 1. The van der Waals surface area contributed by atoms with Crippen LogP contribution in [0.5, 0.6) is 5.75 Å². The predicted molar refractivity (Wildman–Crippen MR) is 93.0 cm³/mol. The van der Waals surface area contributed by atoms with Gasteiger partial charge >= 0.3 is 0 Å². The van der Waals surface area contributed by atoms with Gasteiger partial charge in [-0.25, -0.2) is 13.1 Å². The fourth-order valence-corrected chi connectivity index (χ4v) is 3.41. The lowest BCUT2D eigenvalue weighted by molar-refractivity contribution is 0.408. The van der Waals surface area contributed by atoms with Crippen LogP contribution in [0.3, 0.4) is 0 Å². The summed E-state index contributed by atoms with van der Waals surface area (Å²) in [6, 6.07) is 15.0. The average Bonchev–Trinajstić information content (AvgIpc) is 2.53. The molecule has 0 aliphatic rings. The molecule has 0 aliphatic heterocycles. The first kappa shape index (κ1) is 17.5. The Morgan fingerprint density at radius 3 is 2.39 bits per heavy atom. The maximum atomic E-state index is 12.2. The summed E-state index contributed by atoms with van der Waals surface area (Å²) >= 11 is 0. The number of ether oxygens (including phenoxy) is 1. The van der Waals surface area contributed by atoms with E-state index in [0.29, 0.717) is 11.7 Å². The SMILES string of the molecule is COc1cc(C(C)C)ccc1CNS(=O)(=O)Cc1ccccc1. The Hall–Kier alpha value is -1.85. The van der Waals surface area contributed by atoms with Gasteiger partial charge in [-0.3, -0.25) is 0 Å². The maximum Gasteiger partial charge on any atom is 0.216 e. The molecule has 0 radical (unpaired) electrons. The van der Waals surface area contributed by atoms with Crippen LogP contribution in [-0.2, 0) is 22.3 Å². The van der Waals surface area contributed by atoms with E-state index in [-0.39, 0.29) is 12.3 Å². The molecule has 2 aromatic carbocycles. The minimum atomic E-state index is -3.39. The first-order valence-corrected chi connectivity index (χ1v) is 9.24. The van der Waals surface area contributed by atoms with E-state index < -0.39 is 10.0 Å². The van der Waals surface area contributed by atoms with Gasteiger partial charge in [0, 0.05) is 12.1 Å². The Labute approximate surface area is 138 Å². The molecule has 0 atom stereocenters. The van der Waals surface area contributed by atoms with E-state index in [0.717, 1.165) is 16.7 Å². The third kappa shape index (κ3) is 5.08. The van der Waals surface area contributed by atoms with Crippen LogP contribution in [0.25, 0.3) is 0 Å². The first-order chi connectivity index (χ1) is 10.9. The largest absolute Gasteiger partial charge is 0.496 e. The van der Waals surface area contributed by atoms with Crippen LogP contribution in [-0.4, -0.2) is 15.5 Å². The van der Waals surface area contributed by atoms with Crippen LogP contribution >= 0.6 is 0 Å². The van der Waals surface area contributed by atoms with Gasteiger partial charge in [0.1, 0.15) is 5.75 Å². The summed E-state index contributed by atoms with van der Waals surface area (Å²) in [5, 5.41) is 0. The van der Waals surface area contributed by atoms with Crippen LogP contribution in [0.4, 0.5) is 0 Å². The highest BCUT2D eigenvalue weighted by molar-refractivity contribution is 7.88. The summed E-state index contributed by atoms with van der Waals surface area (Å²) in [6.07, 6.45) is 0. The van der Waals surface area contributed by atoms with Crippen LogP contribution < -0.4 is 9.46 Å². The van der Waals surface area contributed by atoms with E-state index in [1.165, 1.54) is 0 Å². The first-order valence-electron chi connectivity index (χ1n) is 7.59. The second-order valence-corrected chi connectivity index (χ2v) is 7.60. The van der Waals surface area contributed by atoms with Crippen molar-refractivity contribution in [3.8, 4) is 5.75 Å². The van der Waals surface area contributed by atoms with E-state index in [1.807, 2.05) is 36.4 Å². The van der Waals surface area contributed by atoms with E-state index in [9.17, 15) is 8.42 Å². The molecule has 0 amide bonds. The van der Waals surface area contributed by atoms with Crippen LogP contribution in [0.2, 0.25) is 0 Å². The molecule has 5 heteroatoms. The van der Waals surface area contributed by atoms with Crippen molar-refractivity contribution in [3.63, 3.8) is 0 Å². The molecular weight excluding hydrogens is 310 g/mol. The summed E-state index contributed by atoms with van der Waals surface area (Å²) in [4.78, 5) is 0. The van der Waals surface area contributed by atoms with E-state index >= 15 is 0 Å².